The molecule has 6 nitrogen and oxygen atoms in total. The van der Waals surface area contributed by atoms with Crippen LogP contribution < -0.4 is 4.90 Å². The van der Waals surface area contributed by atoms with E-state index in [9.17, 15) is 4.79 Å². The van der Waals surface area contributed by atoms with Gasteiger partial charge in [-0.25, -0.2) is 9.78 Å². The van der Waals surface area contributed by atoms with Crippen molar-refractivity contribution in [2.45, 2.75) is 64.0 Å². The third-order valence-corrected chi connectivity index (χ3v) is 7.67. The third kappa shape index (κ3) is 4.10. The van der Waals surface area contributed by atoms with Crippen molar-refractivity contribution >= 4 is 29.5 Å². The largest absolute Gasteiger partial charge is 0.452 e. The highest BCUT2D eigenvalue weighted by molar-refractivity contribution is 5.95. The van der Waals surface area contributed by atoms with Crippen LogP contribution >= 0.6 is 0 Å². The first-order valence-corrected chi connectivity index (χ1v) is 12.5. The number of aryl methyl sites for hydroxylation is 1. The summed E-state index contributed by atoms with van der Waals surface area (Å²) in [7, 11) is 1.45. The van der Waals surface area contributed by atoms with E-state index in [0.29, 0.717) is 12.0 Å². The number of fused-ring (bicyclic) bond motifs is 3. The van der Waals surface area contributed by atoms with Gasteiger partial charge in [0.1, 0.15) is 5.82 Å². The minimum atomic E-state index is -0.300. The monoisotopic (exact) mass is 458 g/mol. The summed E-state index contributed by atoms with van der Waals surface area (Å²) in [5.74, 6) is 1.76. The highest BCUT2D eigenvalue weighted by atomic mass is 16.5. The molecule has 0 unspecified atom stereocenters. The molecule has 0 bridgehead atoms. The van der Waals surface area contributed by atoms with Gasteiger partial charge in [0, 0.05) is 30.6 Å². The summed E-state index contributed by atoms with van der Waals surface area (Å²) in [5, 5.41) is 0. The molecule has 1 aromatic heterocycles. The average Bonchev–Trinajstić information content (AvgIpc) is 3.23. The third-order valence-electron chi connectivity index (χ3n) is 7.67. The maximum atomic E-state index is 12.6. The Bertz CT molecular complexity index is 1180. The Labute approximate surface area is 201 Å². The van der Waals surface area contributed by atoms with Crippen molar-refractivity contribution in [2.24, 2.45) is 10.9 Å². The van der Waals surface area contributed by atoms with Gasteiger partial charge in [-0.1, -0.05) is 30.3 Å². The fourth-order valence-electron chi connectivity index (χ4n) is 5.90. The SMILES string of the molecule is C=NC[C@H]1CC[C@H](n2c(Cc3ccccc3)nc3c4c(ccc32)N(C(=O)OC)[C@@H](C)CC4)CC1. The molecule has 2 heterocycles. The van der Waals surface area contributed by atoms with Crippen molar-refractivity contribution in [3.8, 4) is 0 Å². The summed E-state index contributed by atoms with van der Waals surface area (Å²) in [5.41, 5.74) is 5.60. The molecule has 0 radical (unpaired) electrons. The second-order valence-electron chi connectivity index (χ2n) is 9.80. The van der Waals surface area contributed by atoms with E-state index in [-0.39, 0.29) is 12.1 Å². The van der Waals surface area contributed by atoms with Gasteiger partial charge in [0.05, 0.1) is 23.8 Å². The molecule has 1 saturated carbocycles. The van der Waals surface area contributed by atoms with Gasteiger partial charge in [0.15, 0.2) is 0 Å². The zero-order chi connectivity index (χ0) is 23.7. The Morgan fingerprint density at radius 3 is 2.59 bits per heavy atom. The number of aromatic nitrogens is 2. The fourth-order valence-corrected chi connectivity index (χ4v) is 5.90. The lowest BCUT2D eigenvalue weighted by molar-refractivity contribution is 0.175. The first-order valence-electron chi connectivity index (χ1n) is 12.5. The van der Waals surface area contributed by atoms with E-state index in [1.54, 1.807) is 4.90 Å². The van der Waals surface area contributed by atoms with Crippen molar-refractivity contribution in [1.29, 1.82) is 0 Å². The molecule has 0 N–H and O–H groups in total. The van der Waals surface area contributed by atoms with Crippen LogP contribution in [0.3, 0.4) is 0 Å². The summed E-state index contributed by atoms with van der Waals surface area (Å²) in [6.07, 6.45) is 6.94. The van der Waals surface area contributed by atoms with Crippen molar-refractivity contribution < 1.29 is 9.53 Å². The van der Waals surface area contributed by atoms with E-state index in [4.69, 9.17) is 9.72 Å². The molecule has 0 saturated heterocycles. The summed E-state index contributed by atoms with van der Waals surface area (Å²) in [4.78, 5) is 23.8. The topological polar surface area (TPSA) is 59.7 Å². The van der Waals surface area contributed by atoms with Gasteiger partial charge in [-0.15, -0.1) is 0 Å². The standard InChI is InChI=1S/C28H34N4O2/c1-19-9-14-23-24(31(19)28(33)34-3)15-16-25-27(23)30-26(17-20-7-5-4-6-8-20)32(25)22-12-10-21(11-13-22)18-29-2/h4-8,15-16,19,21-22H,2,9-14,17-18H2,1,3H3/t19-,21-,22-/m0/s1. The number of hydrogen-bond acceptors (Lipinski definition) is 4. The Kier molecular flexibility index (Phi) is 6.40. The maximum absolute atomic E-state index is 12.6. The highest BCUT2D eigenvalue weighted by Crippen LogP contribution is 2.40. The smallest absolute Gasteiger partial charge is 0.414 e. The first-order chi connectivity index (χ1) is 16.6. The zero-order valence-electron chi connectivity index (χ0n) is 20.2. The number of hydrogen-bond donors (Lipinski definition) is 0. The van der Waals surface area contributed by atoms with E-state index < -0.39 is 0 Å². The summed E-state index contributed by atoms with van der Waals surface area (Å²) < 4.78 is 7.61. The van der Waals surface area contributed by atoms with Crippen molar-refractivity contribution in [3.63, 3.8) is 0 Å². The lowest BCUT2D eigenvalue weighted by Gasteiger charge is -2.34. The fraction of sp³-hybridized carbons (Fsp3) is 0.464. The van der Waals surface area contributed by atoms with E-state index in [1.165, 1.54) is 36.6 Å². The zero-order valence-corrected chi connectivity index (χ0v) is 20.2. The van der Waals surface area contributed by atoms with Gasteiger partial charge in [-0.05, 0) is 75.8 Å². The van der Waals surface area contributed by atoms with E-state index in [1.807, 2.05) is 0 Å². The Morgan fingerprint density at radius 2 is 1.88 bits per heavy atom. The molecule has 5 rings (SSSR count). The molecule has 1 fully saturated rings. The minimum absolute atomic E-state index is 0.108. The van der Waals surface area contributed by atoms with Crippen LogP contribution in [-0.2, 0) is 17.6 Å². The molecule has 178 valence electrons. The van der Waals surface area contributed by atoms with Gasteiger partial charge in [0.25, 0.3) is 0 Å². The second kappa shape index (κ2) is 9.61. The van der Waals surface area contributed by atoms with Crippen LogP contribution in [-0.4, -0.2) is 42.1 Å². The van der Waals surface area contributed by atoms with Crippen LogP contribution in [0.1, 0.15) is 62.0 Å². The molecule has 2 aromatic carbocycles. The van der Waals surface area contributed by atoms with Crippen molar-refractivity contribution in [1.82, 2.24) is 9.55 Å². The summed E-state index contributed by atoms with van der Waals surface area (Å²) in [6.45, 7) is 6.64. The second-order valence-corrected chi connectivity index (χ2v) is 9.80. The molecule has 1 aliphatic carbocycles. The Hall–Kier alpha value is -3.15. The number of anilines is 1. The van der Waals surface area contributed by atoms with Crippen molar-refractivity contribution in [3.05, 3.63) is 59.4 Å². The average molecular weight is 459 g/mol. The van der Waals surface area contributed by atoms with Gasteiger partial charge in [0.2, 0.25) is 0 Å². The molecule has 1 aliphatic heterocycles. The van der Waals surface area contributed by atoms with Crippen LogP contribution in [0.25, 0.3) is 11.0 Å². The molecule has 3 aromatic rings. The number of ether oxygens (including phenoxy) is 1. The van der Waals surface area contributed by atoms with E-state index in [0.717, 1.165) is 55.7 Å². The number of carbonyl (C=O) groups excluding carboxylic acids is 1. The predicted octanol–water partition coefficient (Wildman–Crippen LogP) is 5.97. The van der Waals surface area contributed by atoms with Crippen molar-refractivity contribution in [2.75, 3.05) is 18.6 Å². The van der Waals surface area contributed by atoms with Gasteiger partial charge >= 0.3 is 6.09 Å². The minimum Gasteiger partial charge on any atom is -0.452 e. The predicted molar refractivity (Wildman–Crippen MR) is 137 cm³/mol. The number of amides is 1. The van der Waals surface area contributed by atoms with Crippen LogP contribution in [0, 0.1) is 5.92 Å². The molecule has 1 amide bonds. The molecular weight excluding hydrogens is 424 g/mol. The lowest BCUT2D eigenvalue weighted by atomic mass is 9.85. The summed E-state index contributed by atoms with van der Waals surface area (Å²) >= 11 is 0. The Balaban J connectivity index is 1.60. The number of nitrogens with zero attached hydrogens (tertiary/aromatic N) is 4. The molecule has 1 atom stereocenters. The van der Waals surface area contributed by atoms with Gasteiger partial charge < -0.3 is 14.3 Å². The number of benzene rings is 2. The molecule has 34 heavy (non-hydrogen) atoms. The molecular formula is C28H34N4O2. The molecule has 2 aliphatic rings. The number of carbonyl (C=O) groups is 1. The van der Waals surface area contributed by atoms with Gasteiger partial charge in [-0.3, -0.25) is 4.90 Å². The number of aliphatic imine (C=N–C) groups is 1. The number of methoxy groups -OCH3 is 1. The van der Waals surface area contributed by atoms with E-state index >= 15 is 0 Å². The first kappa shape index (κ1) is 22.6. The Morgan fingerprint density at radius 1 is 1.12 bits per heavy atom. The number of imidazole rings is 1. The normalized spacial score (nSPS) is 22.4. The molecule has 0 spiro atoms. The van der Waals surface area contributed by atoms with Crippen LogP contribution in [0.2, 0.25) is 0 Å². The highest BCUT2D eigenvalue weighted by Gasteiger charge is 2.32. The number of rotatable bonds is 5. The van der Waals surface area contributed by atoms with Crippen LogP contribution in [0.5, 0.6) is 0 Å². The van der Waals surface area contributed by atoms with Crippen LogP contribution in [0.4, 0.5) is 10.5 Å². The maximum Gasteiger partial charge on any atom is 0.414 e. The lowest BCUT2D eigenvalue weighted by Crippen LogP contribution is -2.42. The van der Waals surface area contributed by atoms with Crippen LogP contribution in [0.15, 0.2) is 47.5 Å². The van der Waals surface area contributed by atoms with Gasteiger partial charge in [-0.2, -0.15) is 0 Å². The quantitative estimate of drug-likeness (QED) is 0.443. The molecule has 6 heteroatoms. The van der Waals surface area contributed by atoms with E-state index in [2.05, 4.69) is 65.7 Å². The summed E-state index contributed by atoms with van der Waals surface area (Å²) in [6, 6.07) is 15.4.